The first-order valence-corrected chi connectivity index (χ1v) is 5.40. The lowest BCUT2D eigenvalue weighted by Crippen LogP contribution is -2.20. The summed E-state index contributed by atoms with van der Waals surface area (Å²) in [6.07, 6.45) is 0. The average molecular weight is 255 g/mol. The molecule has 2 unspecified atom stereocenters. The molecule has 0 aliphatic heterocycles. The van der Waals surface area contributed by atoms with Crippen molar-refractivity contribution in [2.45, 2.75) is 16.3 Å². The van der Waals surface area contributed by atoms with E-state index >= 15 is 0 Å². The normalized spacial score (nSPS) is 28.8. The highest BCUT2D eigenvalue weighted by Crippen LogP contribution is 2.43. The lowest BCUT2D eigenvalue weighted by Gasteiger charge is -2.01. The zero-order valence-electron chi connectivity index (χ0n) is 5.85. The third-order valence-corrected chi connectivity index (χ3v) is 3.76. The average Bonchev–Trinajstić information content (AvgIpc) is 2.42. The second kappa shape index (κ2) is 3.03. The molecule has 0 amide bonds. The first kappa shape index (κ1) is 11.1. The quantitative estimate of drug-likeness (QED) is 0.672. The summed E-state index contributed by atoms with van der Waals surface area (Å²) in [5, 5.41) is -1.53. The number of hydrogen-bond acceptors (Lipinski definition) is 2. The molecule has 0 saturated heterocycles. The molecule has 0 spiro atoms. The molecule has 13 heavy (non-hydrogen) atoms. The van der Waals surface area contributed by atoms with Gasteiger partial charge in [0.15, 0.2) is 0 Å². The van der Waals surface area contributed by atoms with Crippen LogP contribution in [0.25, 0.3) is 0 Å². The molecule has 0 radical (unpaired) electrons. The molecule has 1 rings (SSSR count). The molecule has 1 aliphatic rings. The Morgan fingerprint density at radius 2 is 1.62 bits per heavy atom. The molecule has 1 aliphatic carbocycles. The number of rotatable bonds is 1. The number of halogens is 5. The summed E-state index contributed by atoms with van der Waals surface area (Å²) in [5.74, 6) is 0. The zero-order chi connectivity index (χ0) is 10.4. The molecule has 1 fully saturated rings. The summed E-state index contributed by atoms with van der Waals surface area (Å²) < 4.78 is 56.2. The predicted molar refractivity (Wildman–Crippen MR) is 42.3 cm³/mol. The van der Waals surface area contributed by atoms with Crippen LogP contribution in [0.3, 0.4) is 0 Å². The van der Waals surface area contributed by atoms with E-state index in [1.54, 1.807) is 0 Å². The molecule has 76 valence electrons. The number of hydrogen-bond donors (Lipinski definition) is 0. The first-order chi connectivity index (χ1) is 5.67. The van der Waals surface area contributed by atoms with Crippen LogP contribution in [-0.2, 0) is 9.84 Å². The van der Waals surface area contributed by atoms with Gasteiger partial charge in [-0.2, -0.15) is 13.2 Å². The number of sulfone groups is 1. The molecule has 2 nitrogen and oxygen atoms in total. The lowest BCUT2D eigenvalue weighted by molar-refractivity contribution is -0.0423. The molecule has 8 heteroatoms. The van der Waals surface area contributed by atoms with E-state index in [1.807, 2.05) is 0 Å². The van der Waals surface area contributed by atoms with Crippen LogP contribution in [0.4, 0.5) is 13.2 Å². The minimum Gasteiger partial charge on any atom is -0.215 e. The van der Waals surface area contributed by atoms with Gasteiger partial charge in [0.25, 0.3) is 9.84 Å². The van der Waals surface area contributed by atoms with Crippen LogP contribution < -0.4 is 0 Å². The van der Waals surface area contributed by atoms with Crippen molar-refractivity contribution in [3.05, 3.63) is 11.0 Å². The van der Waals surface area contributed by atoms with Gasteiger partial charge in [0.1, 0.15) is 0 Å². The Kier molecular flexibility index (Phi) is 2.60. The van der Waals surface area contributed by atoms with E-state index in [1.165, 1.54) is 0 Å². The van der Waals surface area contributed by atoms with Crippen LogP contribution in [0.2, 0.25) is 0 Å². The fourth-order valence-corrected chi connectivity index (χ4v) is 2.14. The van der Waals surface area contributed by atoms with E-state index in [9.17, 15) is 21.6 Å². The van der Waals surface area contributed by atoms with Crippen LogP contribution in [0.5, 0.6) is 0 Å². The topological polar surface area (TPSA) is 34.1 Å². The maximum absolute atomic E-state index is 11.8. The van der Waals surface area contributed by atoms with Crippen LogP contribution in [0, 0.1) is 0 Å². The predicted octanol–water partition coefficient (Wildman–Crippen LogP) is 2.03. The smallest absolute Gasteiger partial charge is 0.215 e. The van der Waals surface area contributed by atoms with E-state index in [4.69, 9.17) is 23.2 Å². The lowest BCUT2D eigenvalue weighted by atomic mass is 10.7. The Morgan fingerprint density at radius 1 is 1.23 bits per heavy atom. The molecule has 1 saturated carbocycles. The Bertz CT molecular complexity index is 335. The molecular formula is C5H3Cl2F3O2S. The maximum atomic E-state index is 11.8. The molecule has 0 N–H and O–H groups in total. The molecule has 0 aromatic carbocycles. The van der Waals surface area contributed by atoms with Crippen LogP contribution in [-0.4, -0.2) is 24.7 Å². The number of allylic oxidation sites excluding steroid dienone is 1. The van der Waals surface area contributed by atoms with E-state index in [2.05, 4.69) is 0 Å². The third-order valence-electron chi connectivity index (χ3n) is 1.40. The van der Waals surface area contributed by atoms with Crippen LogP contribution >= 0.6 is 23.2 Å². The second-order valence-electron chi connectivity index (χ2n) is 2.41. The standard InChI is InChI=1S/C5H3Cl2F3O2S/c6-3-2(4(3)7)1-13(11,12)5(8,9)10/h1,3-4H. The summed E-state index contributed by atoms with van der Waals surface area (Å²) in [6, 6.07) is 0. The van der Waals surface area contributed by atoms with Crippen molar-refractivity contribution in [1.82, 2.24) is 0 Å². The monoisotopic (exact) mass is 254 g/mol. The fraction of sp³-hybridized carbons (Fsp3) is 0.600. The van der Waals surface area contributed by atoms with E-state index in [-0.39, 0.29) is 11.0 Å². The van der Waals surface area contributed by atoms with Crippen LogP contribution in [0.1, 0.15) is 0 Å². The Labute approximate surface area is 82.2 Å². The van der Waals surface area contributed by atoms with Gasteiger partial charge < -0.3 is 0 Å². The van der Waals surface area contributed by atoms with Gasteiger partial charge in [-0.3, -0.25) is 0 Å². The van der Waals surface area contributed by atoms with Crippen molar-refractivity contribution in [3.63, 3.8) is 0 Å². The minimum atomic E-state index is -5.28. The highest BCUT2D eigenvalue weighted by molar-refractivity contribution is 7.95. The number of alkyl halides is 5. The summed E-state index contributed by atoms with van der Waals surface area (Å²) in [4.78, 5) is 0. The largest absolute Gasteiger partial charge is 0.501 e. The Morgan fingerprint density at radius 3 is 1.85 bits per heavy atom. The molecule has 0 bridgehead atoms. The van der Waals surface area contributed by atoms with E-state index < -0.39 is 26.1 Å². The van der Waals surface area contributed by atoms with Crippen molar-refractivity contribution in [2.24, 2.45) is 0 Å². The first-order valence-electron chi connectivity index (χ1n) is 2.98. The molecular weight excluding hydrogens is 252 g/mol. The molecule has 2 atom stereocenters. The van der Waals surface area contributed by atoms with Gasteiger partial charge in [-0.05, 0) is 5.57 Å². The van der Waals surface area contributed by atoms with Crippen molar-refractivity contribution in [2.75, 3.05) is 0 Å². The third kappa shape index (κ3) is 2.11. The fourth-order valence-electron chi connectivity index (χ4n) is 0.593. The van der Waals surface area contributed by atoms with Gasteiger partial charge in [0.05, 0.1) is 10.8 Å². The summed E-state index contributed by atoms with van der Waals surface area (Å²) in [5.41, 5.74) is -5.39. The van der Waals surface area contributed by atoms with Gasteiger partial charge in [-0.1, -0.05) is 0 Å². The van der Waals surface area contributed by atoms with Gasteiger partial charge in [0, 0.05) is 5.41 Å². The van der Waals surface area contributed by atoms with Crippen molar-refractivity contribution >= 4 is 33.0 Å². The Hall–Kier alpha value is 0.0600. The summed E-state index contributed by atoms with van der Waals surface area (Å²) in [7, 11) is -5.23. The van der Waals surface area contributed by atoms with E-state index in [0.717, 1.165) is 0 Å². The minimum absolute atomic E-state index is 0.0856. The van der Waals surface area contributed by atoms with Crippen LogP contribution in [0.15, 0.2) is 11.0 Å². The van der Waals surface area contributed by atoms with Crippen molar-refractivity contribution in [1.29, 1.82) is 0 Å². The molecule has 0 aromatic heterocycles. The van der Waals surface area contributed by atoms with E-state index in [0.29, 0.717) is 0 Å². The van der Waals surface area contributed by atoms with Gasteiger partial charge in [-0.25, -0.2) is 8.42 Å². The van der Waals surface area contributed by atoms with Gasteiger partial charge in [0.2, 0.25) is 0 Å². The molecule has 0 aromatic rings. The van der Waals surface area contributed by atoms with Crippen molar-refractivity contribution in [3.8, 4) is 0 Å². The zero-order valence-corrected chi connectivity index (χ0v) is 8.17. The van der Waals surface area contributed by atoms with Crippen molar-refractivity contribution < 1.29 is 21.6 Å². The summed E-state index contributed by atoms with van der Waals surface area (Å²) >= 11 is 10.7. The highest BCUT2D eigenvalue weighted by atomic mass is 35.5. The Balaban J connectivity index is 2.94. The molecule has 0 heterocycles. The van der Waals surface area contributed by atoms with Gasteiger partial charge in [-0.15, -0.1) is 23.2 Å². The summed E-state index contributed by atoms with van der Waals surface area (Å²) in [6.45, 7) is 0. The second-order valence-corrected chi connectivity index (χ2v) is 5.14. The highest BCUT2D eigenvalue weighted by Gasteiger charge is 2.49. The SMILES string of the molecule is O=S(=O)(C=C1C(Cl)C1Cl)C(F)(F)F. The van der Waals surface area contributed by atoms with Gasteiger partial charge >= 0.3 is 5.51 Å². The maximum Gasteiger partial charge on any atom is 0.501 e.